The average molecular weight is 382 g/mol. The molecule has 0 unspecified atom stereocenters. The molecule has 0 bridgehead atoms. The van der Waals surface area contributed by atoms with Gasteiger partial charge in [-0.25, -0.2) is 0 Å². The Morgan fingerprint density at radius 1 is 0.778 bits per heavy atom. The van der Waals surface area contributed by atoms with E-state index in [0.717, 1.165) is 5.56 Å². The standard InChI is InChI=1S/C22H20ClNO3/c23-19-11-5-7-13-21(19)27-15-14-26-20-12-6-4-10-18(20)22(25)24-16-17-8-2-1-3-9-17/h1-13H,14-16H2,(H,24,25). The van der Waals surface area contributed by atoms with E-state index in [1.54, 1.807) is 24.3 Å². The Hall–Kier alpha value is -2.98. The van der Waals surface area contributed by atoms with E-state index >= 15 is 0 Å². The lowest BCUT2D eigenvalue weighted by Crippen LogP contribution is -2.23. The van der Waals surface area contributed by atoms with Gasteiger partial charge >= 0.3 is 0 Å². The largest absolute Gasteiger partial charge is 0.489 e. The third-order valence-electron chi connectivity index (χ3n) is 3.86. The minimum absolute atomic E-state index is 0.179. The maximum atomic E-state index is 12.5. The van der Waals surface area contributed by atoms with Gasteiger partial charge in [-0.1, -0.05) is 66.2 Å². The second-order valence-electron chi connectivity index (χ2n) is 5.79. The number of amides is 1. The van der Waals surface area contributed by atoms with Crippen molar-refractivity contribution in [2.75, 3.05) is 13.2 Å². The van der Waals surface area contributed by atoms with Crippen LogP contribution in [-0.4, -0.2) is 19.1 Å². The van der Waals surface area contributed by atoms with Crippen molar-refractivity contribution in [2.24, 2.45) is 0 Å². The van der Waals surface area contributed by atoms with E-state index in [4.69, 9.17) is 21.1 Å². The van der Waals surface area contributed by atoms with E-state index < -0.39 is 0 Å². The topological polar surface area (TPSA) is 47.6 Å². The first kappa shape index (κ1) is 18.8. The van der Waals surface area contributed by atoms with Crippen molar-refractivity contribution >= 4 is 17.5 Å². The highest BCUT2D eigenvalue weighted by Crippen LogP contribution is 2.23. The zero-order valence-corrected chi connectivity index (χ0v) is 15.5. The first-order valence-electron chi connectivity index (χ1n) is 8.65. The molecule has 1 amide bonds. The molecule has 1 N–H and O–H groups in total. The molecule has 27 heavy (non-hydrogen) atoms. The summed E-state index contributed by atoms with van der Waals surface area (Å²) in [7, 11) is 0. The number of halogens is 1. The maximum absolute atomic E-state index is 12.5. The van der Waals surface area contributed by atoms with E-state index in [-0.39, 0.29) is 5.91 Å². The van der Waals surface area contributed by atoms with E-state index in [2.05, 4.69) is 5.32 Å². The summed E-state index contributed by atoms with van der Waals surface area (Å²) in [6.07, 6.45) is 0. The van der Waals surface area contributed by atoms with Crippen LogP contribution in [0, 0.1) is 0 Å². The Bertz CT molecular complexity index is 883. The van der Waals surface area contributed by atoms with Crippen molar-refractivity contribution in [1.29, 1.82) is 0 Å². The van der Waals surface area contributed by atoms with Crippen molar-refractivity contribution in [3.63, 3.8) is 0 Å². The Labute approximate surface area is 163 Å². The summed E-state index contributed by atoms with van der Waals surface area (Å²) in [4.78, 5) is 12.5. The summed E-state index contributed by atoms with van der Waals surface area (Å²) >= 11 is 6.05. The van der Waals surface area contributed by atoms with Crippen LogP contribution in [0.15, 0.2) is 78.9 Å². The summed E-state index contributed by atoms with van der Waals surface area (Å²) in [6, 6.07) is 24.2. The summed E-state index contributed by atoms with van der Waals surface area (Å²) in [6.45, 7) is 1.08. The third kappa shape index (κ3) is 5.50. The fourth-order valence-electron chi connectivity index (χ4n) is 2.52. The van der Waals surface area contributed by atoms with Gasteiger partial charge in [-0.05, 0) is 29.8 Å². The summed E-state index contributed by atoms with van der Waals surface area (Å²) in [5.41, 5.74) is 1.53. The third-order valence-corrected chi connectivity index (χ3v) is 4.17. The summed E-state index contributed by atoms with van der Waals surface area (Å²) in [5, 5.41) is 3.47. The normalized spacial score (nSPS) is 10.3. The Morgan fingerprint density at radius 3 is 2.11 bits per heavy atom. The number of hydrogen-bond donors (Lipinski definition) is 1. The zero-order chi connectivity index (χ0) is 18.9. The molecule has 138 valence electrons. The van der Waals surface area contributed by atoms with Crippen LogP contribution in [0.3, 0.4) is 0 Å². The molecule has 0 spiro atoms. The number of para-hydroxylation sites is 2. The Balaban J connectivity index is 1.54. The van der Waals surface area contributed by atoms with Crippen LogP contribution in [0.25, 0.3) is 0 Å². The summed E-state index contributed by atoms with van der Waals surface area (Å²) < 4.78 is 11.3. The van der Waals surface area contributed by atoms with Gasteiger partial charge in [-0.3, -0.25) is 4.79 Å². The van der Waals surface area contributed by atoms with Crippen molar-refractivity contribution in [2.45, 2.75) is 6.54 Å². The Morgan fingerprint density at radius 2 is 1.37 bits per heavy atom. The molecule has 0 aromatic heterocycles. The van der Waals surface area contributed by atoms with Crippen molar-refractivity contribution < 1.29 is 14.3 Å². The van der Waals surface area contributed by atoms with Crippen LogP contribution in [0.2, 0.25) is 5.02 Å². The molecular formula is C22H20ClNO3. The molecule has 0 saturated heterocycles. The SMILES string of the molecule is O=C(NCc1ccccc1)c1ccccc1OCCOc1ccccc1Cl. The molecular weight excluding hydrogens is 362 g/mol. The number of benzene rings is 3. The van der Waals surface area contributed by atoms with Gasteiger partial charge in [0, 0.05) is 6.54 Å². The lowest BCUT2D eigenvalue weighted by atomic mass is 10.1. The highest BCUT2D eigenvalue weighted by molar-refractivity contribution is 6.32. The number of carbonyl (C=O) groups is 1. The van der Waals surface area contributed by atoms with Crippen LogP contribution < -0.4 is 14.8 Å². The monoisotopic (exact) mass is 381 g/mol. The molecule has 0 saturated carbocycles. The molecule has 3 aromatic rings. The van der Waals surface area contributed by atoms with Crippen molar-refractivity contribution in [3.05, 3.63) is 95.0 Å². The lowest BCUT2D eigenvalue weighted by Gasteiger charge is -2.13. The van der Waals surface area contributed by atoms with E-state index in [1.807, 2.05) is 54.6 Å². The van der Waals surface area contributed by atoms with Crippen molar-refractivity contribution in [3.8, 4) is 11.5 Å². The number of ether oxygens (including phenoxy) is 2. The molecule has 0 atom stereocenters. The molecule has 0 heterocycles. The quantitative estimate of drug-likeness (QED) is 0.574. The van der Waals surface area contributed by atoms with Gasteiger partial charge in [0.15, 0.2) is 0 Å². The van der Waals surface area contributed by atoms with Gasteiger partial charge in [0.25, 0.3) is 5.91 Å². The molecule has 5 heteroatoms. The van der Waals surface area contributed by atoms with Crippen molar-refractivity contribution in [1.82, 2.24) is 5.32 Å². The molecule has 0 radical (unpaired) electrons. The van der Waals surface area contributed by atoms with Gasteiger partial charge in [-0.2, -0.15) is 0 Å². The number of nitrogens with one attached hydrogen (secondary N) is 1. The van der Waals surface area contributed by atoms with Crippen LogP contribution in [0.5, 0.6) is 11.5 Å². The summed E-state index contributed by atoms with van der Waals surface area (Å²) in [5.74, 6) is 0.948. The maximum Gasteiger partial charge on any atom is 0.255 e. The van der Waals surface area contributed by atoms with Gasteiger partial charge in [0.05, 0.1) is 10.6 Å². The van der Waals surface area contributed by atoms with E-state index in [0.29, 0.717) is 41.8 Å². The highest BCUT2D eigenvalue weighted by atomic mass is 35.5. The van der Waals surface area contributed by atoms with Gasteiger partial charge in [0.2, 0.25) is 0 Å². The van der Waals surface area contributed by atoms with Crippen LogP contribution in [0.1, 0.15) is 15.9 Å². The van der Waals surface area contributed by atoms with Crippen LogP contribution >= 0.6 is 11.6 Å². The number of hydrogen-bond acceptors (Lipinski definition) is 3. The minimum atomic E-state index is -0.179. The lowest BCUT2D eigenvalue weighted by molar-refractivity contribution is 0.0945. The Kier molecular flexibility index (Phi) is 6.72. The van der Waals surface area contributed by atoms with E-state index in [9.17, 15) is 4.79 Å². The first-order valence-corrected chi connectivity index (χ1v) is 9.03. The predicted octanol–water partition coefficient (Wildman–Crippen LogP) is 4.73. The van der Waals surface area contributed by atoms with Gasteiger partial charge < -0.3 is 14.8 Å². The average Bonchev–Trinajstić information content (AvgIpc) is 2.72. The second kappa shape index (κ2) is 9.64. The second-order valence-corrected chi connectivity index (χ2v) is 6.20. The van der Waals surface area contributed by atoms with E-state index in [1.165, 1.54) is 0 Å². The molecule has 4 nitrogen and oxygen atoms in total. The molecule has 0 aliphatic heterocycles. The molecule has 0 aliphatic rings. The van der Waals surface area contributed by atoms with Crippen LogP contribution in [-0.2, 0) is 6.54 Å². The first-order chi connectivity index (χ1) is 13.2. The van der Waals surface area contributed by atoms with Gasteiger partial charge in [0.1, 0.15) is 24.7 Å². The van der Waals surface area contributed by atoms with Crippen LogP contribution in [0.4, 0.5) is 0 Å². The smallest absolute Gasteiger partial charge is 0.255 e. The minimum Gasteiger partial charge on any atom is -0.489 e. The molecule has 0 fully saturated rings. The fourth-order valence-corrected chi connectivity index (χ4v) is 2.71. The highest BCUT2D eigenvalue weighted by Gasteiger charge is 2.12. The fraction of sp³-hybridized carbons (Fsp3) is 0.136. The van der Waals surface area contributed by atoms with Gasteiger partial charge in [-0.15, -0.1) is 0 Å². The number of carbonyl (C=O) groups excluding carboxylic acids is 1. The molecule has 3 rings (SSSR count). The number of rotatable bonds is 8. The molecule has 3 aromatic carbocycles. The predicted molar refractivity (Wildman–Crippen MR) is 106 cm³/mol. The molecule has 0 aliphatic carbocycles. The zero-order valence-electron chi connectivity index (χ0n) is 14.7.